The highest BCUT2D eigenvalue weighted by molar-refractivity contribution is 6.34. The average Bonchev–Trinajstić information content (AvgIpc) is 2.53. The molecule has 16 heavy (non-hydrogen) atoms. The van der Waals surface area contributed by atoms with Gasteiger partial charge in [0.25, 0.3) is 0 Å². The number of carboxylic acid groups (broad SMARTS) is 1. The second-order valence-corrected chi connectivity index (χ2v) is 3.98. The van der Waals surface area contributed by atoms with Gasteiger partial charge in [0.1, 0.15) is 5.15 Å². The van der Waals surface area contributed by atoms with Crippen molar-refractivity contribution in [3.63, 3.8) is 0 Å². The van der Waals surface area contributed by atoms with Gasteiger partial charge in [-0.3, -0.25) is 9.48 Å². The quantitative estimate of drug-likeness (QED) is 0.892. The van der Waals surface area contributed by atoms with E-state index in [2.05, 4.69) is 5.10 Å². The predicted molar refractivity (Wildman–Crippen MR) is 61.7 cm³/mol. The van der Waals surface area contributed by atoms with Gasteiger partial charge < -0.3 is 5.11 Å². The maximum absolute atomic E-state index is 10.5. The van der Waals surface area contributed by atoms with Crippen LogP contribution in [0.5, 0.6) is 0 Å². The summed E-state index contributed by atoms with van der Waals surface area (Å²) in [5, 5.41) is 14.4. The third kappa shape index (κ3) is 1.88. The Hall–Kier alpha value is -1.55. The lowest BCUT2D eigenvalue weighted by Crippen LogP contribution is -1.98. The largest absolute Gasteiger partial charge is 0.481 e. The maximum atomic E-state index is 10.5. The highest BCUT2D eigenvalue weighted by Gasteiger charge is 2.10. The fraction of sp³-hybridized carbons (Fsp3) is 0.273. The lowest BCUT2D eigenvalue weighted by Gasteiger charge is -1.99. The van der Waals surface area contributed by atoms with Crippen LogP contribution in [-0.2, 0) is 18.3 Å². The molecule has 0 aliphatic rings. The van der Waals surface area contributed by atoms with E-state index in [1.807, 2.05) is 18.2 Å². The van der Waals surface area contributed by atoms with Crippen LogP contribution in [-0.4, -0.2) is 20.9 Å². The Morgan fingerprint density at radius 3 is 3.00 bits per heavy atom. The standard InChI is InChI=1S/C11H11ClN2O2/c1-14-11(12)8-4-2-3-7(10(8)13-14)5-6-9(15)16/h2-4H,5-6H2,1H3,(H,15,16). The van der Waals surface area contributed by atoms with E-state index in [9.17, 15) is 4.79 Å². The first-order chi connectivity index (χ1) is 7.59. The van der Waals surface area contributed by atoms with E-state index in [1.165, 1.54) is 0 Å². The van der Waals surface area contributed by atoms with E-state index in [4.69, 9.17) is 16.7 Å². The van der Waals surface area contributed by atoms with Crippen molar-refractivity contribution >= 4 is 28.5 Å². The molecule has 0 radical (unpaired) electrons. The Balaban J connectivity index is 2.45. The van der Waals surface area contributed by atoms with Crippen molar-refractivity contribution in [3.8, 4) is 0 Å². The van der Waals surface area contributed by atoms with E-state index >= 15 is 0 Å². The third-order valence-corrected chi connectivity index (χ3v) is 2.93. The third-order valence-electron chi connectivity index (χ3n) is 2.48. The molecule has 1 aromatic heterocycles. The second-order valence-electron chi connectivity index (χ2n) is 3.62. The molecule has 1 heterocycles. The predicted octanol–water partition coefficient (Wildman–Crippen LogP) is 2.24. The summed E-state index contributed by atoms with van der Waals surface area (Å²) in [6.45, 7) is 0. The second kappa shape index (κ2) is 4.14. The van der Waals surface area contributed by atoms with Gasteiger partial charge in [-0.2, -0.15) is 5.10 Å². The number of aryl methyl sites for hydroxylation is 2. The van der Waals surface area contributed by atoms with Crippen LogP contribution in [0.3, 0.4) is 0 Å². The van der Waals surface area contributed by atoms with Gasteiger partial charge in [0, 0.05) is 18.9 Å². The summed E-state index contributed by atoms with van der Waals surface area (Å²) >= 11 is 6.06. The van der Waals surface area contributed by atoms with Crippen molar-refractivity contribution in [1.82, 2.24) is 9.78 Å². The molecule has 0 bridgehead atoms. The first-order valence-corrected chi connectivity index (χ1v) is 5.29. The Bertz CT molecular complexity index is 548. The number of halogens is 1. The molecule has 2 rings (SSSR count). The minimum atomic E-state index is -0.806. The molecule has 0 aliphatic heterocycles. The zero-order chi connectivity index (χ0) is 11.7. The van der Waals surface area contributed by atoms with Gasteiger partial charge in [0.2, 0.25) is 0 Å². The number of carbonyl (C=O) groups is 1. The SMILES string of the molecule is Cn1nc2c(CCC(=O)O)cccc2c1Cl. The Morgan fingerprint density at radius 1 is 1.56 bits per heavy atom. The van der Waals surface area contributed by atoms with Gasteiger partial charge in [-0.15, -0.1) is 0 Å². The monoisotopic (exact) mass is 238 g/mol. The van der Waals surface area contributed by atoms with Crippen LogP contribution in [0.4, 0.5) is 0 Å². The number of nitrogens with zero attached hydrogens (tertiary/aromatic N) is 2. The number of benzene rings is 1. The van der Waals surface area contributed by atoms with Crippen molar-refractivity contribution in [3.05, 3.63) is 28.9 Å². The summed E-state index contributed by atoms with van der Waals surface area (Å²) in [6, 6.07) is 5.64. The number of hydrogen-bond acceptors (Lipinski definition) is 2. The maximum Gasteiger partial charge on any atom is 0.303 e. The van der Waals surface area contributed by atoms with Crippen LogP contribution in [0.1, 0.15) is 12.0 Å². The van der Waals surface area contributed by atoms with E-state index in [0.29, 0.717) is 11.6 Å². The van der Waals surface area contributed by atoms with Gasteiger partial charge in [0.15, 0.2) is 0 Å². The van der Waals surface area contributed by atoms with Gasteiger partial charge in [-0.05, 0) is 18.1 Å². The summed E-state index contributed by atoms with van der Waals surface area (Å²) in [6.07, 6.45) is 0.577. The Morgan fingerprint density at radius 2 is 2.31 bits per heavy atom. The molecule has 0 saturated heterocycles. The first-order valence-electron chi connectivity index (χ1n) is 4.91. The summed E-state index contributed by atoms with van der Waals surface area (Å²) in [5.74, 6) is -0.806. The topological polar surface area (TPSA) is 55.1 Å². The van der Waals surface area contributed by atoms with Crippen molar-refractivity contribution < 1.29 is 9.90 Å². The molecule has 0 amide bonds. The fourth-order valence-electron chi connectivity index (χ4n) is 1.69. The van der Waals surface area contributed by atoms with E-state index < -0.39 is 5.97 Å². The number of hydrogen-bond donors (Lipinski definition) is 1. The molecule has 0 saturated carbocycles. The van der Waals surface area contributed by atoms with E-state index in [1.54, 1.807) is 11.7 Å². The summed E-state index contributed by atoms with van der Waals surface area (Å²) in [5.41, 5.74) is 1.71. The molecular formula is C11H11ClN2O2. The van der Waals surface area contributed by atoms with E-state index in [0.717, 1.165) is 16.5 Å². The molecule has 0 unspecified atom stereocenters. The highest BCUT2D eigenvalue weighted by atomic mass is 35.5. The van der Waals surface area contributed by atoms with Crippen molar-refractivity contribution in [2.75, 3.05) is 0 Å². The molecule has 2 aromatic rings. The molecule has 0 atom stereocenters. The fourth-order valence-corrected chi connectivity index (χ4v) is 1.88. The van der Waals surface area contributed by atoms with Gasteiger partial charge in [-0.25, -0.2) is 0 Å². The van der Waals surface area contributed by atoms with Crippen LogP contribution < -0.4 is 0 Å². The number of rotatable bonds is 3. The van der Waals surface area contributed by atoms with Crippen LogP contribution in [0.15, 0.2) is 18.2 Å². The smallest absolute Gasteiger partial charge is 0.303 e. The summed E-state index contributed by atoms with van der Waals surface area (Å²) < 4.78 is 1.59. The van der Waals surface area contributed by atoms with Gasteiger partial charge >= 0.3 is 5.97 Å². The minimum absolute atomic E-state index is 0.104. The number of fused-ring (bicyclic) bond motifs is 1. The minimum Gasteiger partial charge on any atom is -0.481 e. The van der Waals surface area contributed by atoms with Crippen LogP contribution in [0.2, 0.25) is 5.15 Å². The molecule has 4 nitrogen and oxygen atoms in total. The van der Waals surface area contributed by atoms with Gasteiger partial charge in [-0.1, -0.05) is 23.7 Å². The summed E-state index contributed by atoms with van der Waals surface area (Å²) in [7, 11) is 1.77. The zero-order valence-electron chi connectivity index (χ0n) is 8.77. The lowest BCUT2D eigenvalue weighted by molar-refractivity contribution is -0.136. The summed E-state index contributed by atoms with van der Waals surface area (Å²) in [4.78, 5) is 10.5. The van der Waals surface area contributed by atoms with Gasteiger partial charge in [0.05, 0.1) is 5.52 Å². The Kier molecular flexibility index (Phi) is 2.83. The number of aromatic nitrogens is 2. The van der Waals surface area contributed by atoms with Crippen molar-refractivity contribution in [1.29, 1.82) is 0 Å². The first kappa shape index (κ1) is 11.0. The molecule has 1 aromatic carbocycles. The van der Waals surface area contributed by atoms with Crippen molar-refractivity contribution in [2.45, 2.75) is 12.8 Å². The molecule has 0 fully saturated rings. The van der Waals surface area contributed by atoms with E-state index in [-0.39, 0.29) is 6.42 Å². The molecule has 84 valence electrons. The molecule has 1 N–H and O–H groups in total. The van der Waals surface area contributed by atoms with Crippen LogP contribution >= 0.6 is 11.6 Å². The van der Waals surface area contributed by atoms with Crippen LogP contribution in [0, 0.1) is 0 Å². The van der Waals surface area contributed by atoms with Crippen LogP contribution in [0.25, 0.3) is 10.9 Å². The number of aliphatic carboxylic acids is 1. The number of carboxylic acids is 1. The average molecular weight is 239 g/mol. The lowest BCUT2D eigenvalue weighted by atomic mass is 10.1. The normalized spacial score (nSPS) is 10.9. The molecular weight excluding hydrogens is 228 g/mol. The Labute approximate surface area is 97.4 Å². The molecule has 0 aliphatic carbocycles. The molecule has 5 heteroatoms. The zero-order valence-corrected chi connectivity index (χ0v) is 9.53. The van der Waals surface area contributed by atoms with Crippen molar-refractivity contribution in [2.24, 2.45) is 7.05 Å². The highest BCUT2D eigenvalue weighted by Crippen LogP contribution is 2.25. The molecule has 0 spiro atoms.